The molecule has 1 saturated heterocycles. The monoisotopic (exact) mass is 429 g/mol. The molecule has 0 unspecified atom stereocenters. The average molecular weight is 430 g/mol. The minimum absolute atomic E-state index is 0.0491. The molecule has 0 saturated carbocycles. The first-order chi connectivity index (χ1) is 13.8. The van der Waals surface area contributed by atoms with Crippen LogP contribution in [0.1, 0.15) is 19.0 Å². The largest absolute Gasteiger partial charge is 0.447 e. The van der Waals surface area contributed by atoms with Crippen molar-refractivity contribution in [2.24, 2.45) is 0 Å². The highest BCUT2D eigenvalue weighted by atomic mass is 32.2. The molecule has 0 spiro atoms. The van der Waals surface area contributed by atoms with E-state index in [1.54, 1.807) is 6.92 Å². The first-order valence-corrected chi connectivity index (χ1v) is 10.8. The summed E-state index contributed by atoms with van der Waals surface area (Å²) >= 11 is 0. The highest BCUT2D eigenvalue weighted by molar-refractivity contribution is 7.87. The van der Waals surface area contributed by atoms with Crippen LogP contribution in [0, 0.1) is 6.92 Å². The second kappa shape index (κ2) is 10.9. The summed E-state index contributed by atoms with van der Waals surface area (Å²) in [4.78, 5) is 33.6. The molecule has 0 radical (unpaired) electrons. The lowest BCUT2D eigenvalue weighted by molar-refractivity contribution is 0.151. The van der Waals surface area contributed by atoms with Crippen LogP contribution >= 0.6 is 0 Å². The zero-order valence-electron chi connectivity index (χ0n) is 16.5. The van der Waals surface area contributed by atoms with Crippen molar-refractivity contribution in [1.82, 2.24) is 29.2 Å². The number of rotatable bonds is 8. The number of hydrogen-bond acceptors (Lipinski definition) is 8. The summed E-state index contributed by atoms with van der Waals surface area (Å²) in [6.45, 7) is 5.46. The van der Waals surface area contributed by atoms with Crippen LogP contribution in [0.25, 0.3) is 0 Å². The van der Waals surface area contributed by atoms with Gasteiger partial charge in [-0.2, -0.15) is 12.7 Å². The Morgan fingerprint density at radius 1 is 1.14 bits per heavy atom. The summed E-state index contributed by atoms with van der Waals surface area (Å²) in [7, 11) is -4.04. The molecule has 0 bridgehead atoms. The molecule has 3 N–H and O–H groups in total. The Labute approximate surface area is 170 Å². The number of aromatic nitrogens is 2. The highest BCUT2D eigenvalue weighted by Crippen LogP contribution is 2.11. The number of ether oxygens (including phenoxy) is 1. The third-order valence-electron chi connectivity index (χ3n) is 4.12. The number of hydrogen-bond donors (Lipinski definition) is 3. The molecule has 0 aliphatic carbocycles. The number of amides is 3. The summed E-state index contributed by atoms with van der Waals surface area (Å²) in [5.74, 6) is 0.352. The Hall–Kier alpha value is -2.51. The molecule has 1 aliphatic heterocycles. The Morgan fingerprint density at radius 3 is 2.48 bits per heavy atom. The molecule has 1 aromatic rings. The molecular formula is C16H27N7O5S. The van der Waals surface area contributed by atoms with Gasteiger partial charge in [-0.05, 0) is 19.9 Å². The lowest BCUT2D eigenvalue weighted by Gasteiger charge is -2.33. The molecule has 12 nitrogen and oxygen atoms in total. The number of carbonyl (C=O) groups is 2. The molecule has 29 heavy (non-hydrogen) atoms. The fourth-order valence-corrected chi connectivity index (χ4v) is 3.60. The molecule has 1 fully saturated rings. The van der Waals surface area contributed by atoms with Crippen LogP contribution in [-0.2, 0) is 14.9 Å². The molecule has 1 aromatic heterocycles. The van der Waals surface area contributed by atoms with Crippen LogP contribution in [0.3, 0.4) is 0 Å². The van der Waals surface area contributed by atoms with Gasteiger partial charge in [-0.25, -0.2) is 19.3 Å². The highest BCUT2D eigenvalue weighted by Gasteiger charge is 2.30. The van der Waals surface area contributed by atoms with Crippen LogP contribution in [0.4, 0.5) is 15.4 Å². The van der Waals surface area contributed by atoms with E-state index < -0.39 is 22.3 Å². The molecule has 0 aromatic carbocycles. The SMILES string of the molecule is CCCNCCOC(=O)NS(=O)(=O)N1CCN(C(=O)Nc2nccnc2C)CC1. The van der Waals surface area contributed by atoms with Crippen molar-refractivity contribution in [3.8, 4) is 0 Å². The second-order valence-electron chi connectivity index (χ2n) is 6.30. The van der Waals surface area contributed by atoms with Crippen molar-refractivity contribution in [2.45, 2.75) is 20.3 Å². The lowest BCUT2D eigenvalue weighted by atomic mass is 10.4. The smallest absolute Gasteiger partial charge is 0.421 e. The minimum atomic E-state index is -4.04. The van der Waals surface area contributed by atoms with Gasteiger partial charge in [0, 0.05) is 45.1 Å². The molecule has 2 rings (SSSR count). The van der Waals surface area contributed by atoms with E-state index in [2.05, 4.69) is 20.6 Å². The van der Waals surface area contributed by atoms with Crippen molar-refractivity contribution in [1.29, 1.82) is 0 Å². The van der Waals surface area contributed by atoms with Crippen LogP contribution in [0.5, 0.6) is 0 Å². The summed E-state index contributed by atoms with van der Waals surface area (Å²) < 4.78 is 32.4. The molecule has 13 heteroatoms. The Kier molecular flexibility index (Phi) is 8.54. The Morgan fingerprint density at radius 2 is 1.83 bits per heavy atom. The van der Waals surface area contributed by atoms with Crippen LogP contribution in [0.2, 0.25) is 0 Å². The lowest BCUT2D eigenvalue weighted by Crippen LogP contribution is -2.55. The fourth-order valence-electron chi connectivity index (χ4n) is 2.56. The molecule has 1 aliphatic rings. The molecular weight excluding hydrogens is 402 g/mol. The number of nitrogens with one attached hydrogen (secondary N) is 3. The number of nitrogens with zero attached hydrogens (tertiary/aromatic N) is 4. The molecule has 2 heterocycles. The van der Waals surface area contributed by atoms with Gasteiger partial charge in [0.15, 0.2) is 5.82 Å². The van der Waals surface area contributed by atoms with Gasteiger partial charge in [0.25, 0.3) is 0 Å². The van der Waals surface area contributed by atoms with Gasteiger partial charge in [0.1, 0.15) is 6.61 Å². The first kappa shape index (κ1) is 22.8. The topological polar surface area (TPSA) is 146 Å². The van der Waals surface area contributed by atoms with E-state index in [1.165, 1.54) is 17.3 Å². The summed E-state index contributed by atoms with van der Waals surface area (Å²) in [5.41, 5.74) is 0.578. The van der Waals surface area contributed by atoms with Gasteiger partial charge in [-0.15, -0.1) is 0 Å². The number of carbonyl (C=O) groups excluding carboxylic acids is 2. The van der Waals surface area contributed by atoms with Crippen molar-refractivity contribution in [2.75, 3.05) is 51.2 Å². The Bertz CT molecular complexity index is 797. The Balaban J connectivity index is 1.77. The maximum atomic E-state index is 12.3. The molecule has 162 valence electrons. The maximum absolute atomic E-state index is 12.3. The van der Waals surface area contributed by atoms with Crippen molar-refractivity contribution >= 4 is 28.2 Å². The summed E-state index contributed by atoms with van der Waals surface area (Å²) in [5, 5.41) is 5.69. The zero-order chi connectivity index (χ0) is 21.3. The second-order valence-corrected chi connectivity index (χ2v) is 7.97. The number of aryl methyl sites for hydroxylation is 1. The van der Waals surface area contributed by atoms with Gasteiger partial charge >= 0.3 is 22.3 Å². The summed E-state index contributed by atoms with van der Waals surface area (Å²) in [6.07, 6.45) is 2.91. The van der Waals surface area contributed by atoms with Crippen LogP contribution < -0.4 is 15.4 Å². The quantitative estimate of drug-likeness (QED) is 0.486. The minimum Gasteiger partial charge on any atom is -0.447 e. The molecule has 0 atom stereocenters. The number of piperazine rings is 1. The maximum Gasteiger partial charge on any atom is 0.421 e. The van der Waals surface area contributed by atoms with E-state index in [9.17, 15) is 18.0 Å². The van der Waals surface area contributed by atoms with Crippen molar-refractivity contribution < 1.29 is 22.7 Å². The summed E-state index contributed by atoms with van der Waals surface area (Å²) in [6, 6.07) is -0.391. The fraction of sp³-hybridized carbons (Fsp3) is 0.625. The average Bonchev–Trinajstić information content (AvgIpc) is 2.69. The first-order valence-electron chi connectivity index (χ1n) is 9.32. The third kappa shape index (κ3) is 7.11. The van der Waals surface area contributed by atoms with E-state index in [0.29, 0.717) is 18.1 Å². The molecule has 3 amide bonds. The normalized spacial score (nSPS) is 15.0. The van der Waals surface area contributed by atoms with E-state index in [1.807, 2.05) is 11.6 Å². The predicted molar refractivity (Wildman–Crippen MR) is 105 cm³/mol. The zero-order valence-corrected chi connectivity index (χ0v) is 17.4. The van der Waals surface area contributed by atoms with Gasteiger partial charge in [0.05, 0.1) is 5.69 Å². The van der Waals surface area contributed by atoms with Gasteiger partial charge in [0.2, 0.25) is 0 Å². The van der Waals surface area contributed by atoms with E-state index in [-0.39, 0.29) is 32.8 Å². The van der Waals surface area contributed by atoms with Gasteiger partial charge < -0.3 is 15.0 Å². The van der Waals surface area contributed by atoms with Crippen molar-refractivity contribution in [3.63, 3.8) is 0 Å². The predicted octanol–water partition coefficient (Wildman–Crippen LogP) is -0.0949. The number of urea groups is 1. The van der Waals surface area contributed by atoms with Gasteiger partial charge in [-0.1, -0.05) is 6.92 Å². The van der Waals surface area contributed by atoms with E-state index in [0.717, 1.165) is 17.3 Å². The van der Waals surface area contributed by atoms with E-state index >= 15 is 0 Å². The number of anilines is 1. The van der Waals surface area contributed by atoms with Crippen LogP contribution in [-0.4, -0.2) is 85.6 Å². The van der Waals surface area contributed by atoms with Crippen LogP contribution in [0.15, 0.2) is 12.4 Å². The van der Waals surface area contributed by atoms with Gasteiger partial charge in [-0.3, -0.25) is 10.3 Å². The third-order valence-corrected chi connectivity index (χ3v) is 5.59. The van der Waals surface area contributed by atoms with Crippen molar-refractivity contribution in [3.05, 3.63) is 18.1 Å². The van der Waals surface area contributed by atoms with E-state index in [4.69, 9.17) is 4.74 Å². The standard InChI is InChI=1S/C16H27N7O5S/c1-3-4-17-7-12-28-16(25)21-29(26,27)23-10-8-22(9-11-23)15(24)20-14-13(2)18-5-6-19-14/h5-6,17H,3-4,7-12H2,1-2H3,(H,21,25)(H,19,20,24).